The first-order valence-electron chi connectivity index (χ1n) is 8.94. The van der Waals surface area contributed by atoms with E-state index in [1.807, 2.05) is 31.3 Å². The highest BCUT2D eigenvalue weighted by molar-refractivity contribution is 5.88. The number of hydrogen-bond acceptors (Lipinski definition) is 5. The molecule has 27 heavy (non-hydrogen) atoms. The second-order valence-corrected chi connectivity index (χ2v) is 6.80. The van der Waals surface area contributed by atoms with Gasteiger partial charge in [-0.2, -0.15) is 0 Å². The molecule has 2 aromatic heterocycles. The van der Waals surface area contributed by atoms with Crippen LogP contribution < -0.4 is 15.4 Å². The summed E-state index contributed by atoms with van der Waals surface area (Å²) >= 11 is 0. The molecule has 4 rings (SSSR count). The van der Waals surface area contributed by atoms with Crippen molar-refractivity contribution >= 4 is 16.5 Å². The van der Waals surface area contributed by atoms with Crippen LogP contribution >= 0.6 is 0 Å². The van der Waals surface area contributed by atoms with Gasteiger partial charge in [0.1, 0.15) is 6.10 Å². The fourth-order valence-corrected chi connectivity index (χ4v) is 2.97. The zero-order valence-electron chi connectivity index (χ0n) is 15.3. The van der Waals surface area contributed by atoms with Crippen molar-refractivity contribution in [3.63, 3.8) is 0 Å². The van der Waals surface area contributed by atoms with E-state index < -0.39 is 0 Å². The number of rotatable bonds is 6. The Balaban J connectivity index is 1.64. The lowest BCUT2D eigenvalue weighted by Gasteiger charge is -2.27. The lowest BCUT2D eigenvalue weighted by molar-refractivity contribution is 0.136. The minimum Gasteiger partial charge on any atom is -0.472 e. The summed E-state index contributed by atoms with van der Waals surface area (Å²) in [6.07, 6.45) is 3.85. The van der Waals surface area contributed by atoms with Crippen molar-refractivity contribution in [2.45, 2.75) is 13.0 Å². The molecule has 3 heterocycles. The Hall–Kier alpha value is -3.18. The molecular formula is C22H22N4O. The maximum Gasteiger partial charge on any atom is 0.214 e. The molecule has 0 unspecified atom stereocenters. The fourth-order valence-electron chi connectivity index (χ4n) is 2.97. The molecule has 1 fully saturated rings. The van der Waals surface area contributed by atoms with Crippen LogP contribution in [0, 0.1) is 0 Å². The number of fused-ring (bicyclic) bond motifs is 1. The zero-order chi connectivity index (χ0) is 18.8. The summed E-state index contributed by atoms with van der Waals surface area (Å²) < 4.78 is 5.86. The van der Waals surface area contributed by atoms with Crippen LogP contribution in [-0.2, 0) is 0 Å². The molecule has 0 atom stereocenters. The third-order valence-electron chi connectivity index (χ3n) is 4.50. The van der Waals surface area contributed by atoms with Gasteiger partial charge in [0.15, 0.2) is 0 Å². The number of hydrogen-bond donors (Lipinski definition) is 2. The maximum absolute atomic E-state index is 5.86. The molecule has 0 aliphatic carbocycles. The predicted molar refractivity (Wildman–Crippen MR) is 109 cm³/mol. The fraction of sp³-hybridized carbons (Fsp3) is 0.182. The number of ether oxygens (including phenoxy) is 1. The van der Waals surface area contributed by atoms with Crippen molar-refractivity contribution in [1.82, 2.24) is 20.6 Å². The van der Waals surface area contributed by atoms with Gasteiger partial charge in [-0.05, 0) is 36.1 Å². The van der Waals surface area contributed by atoms with Crippen LogP contribution in [0.1, 0.15) is 12.5 Å². The summed E-state index contributed by atoms with van der Waals surface area (Å²) in [5, 5.41) is 8.55. The topological polar surface area (TPSA) is 59.1 Å². The Bertz CT molecular complexity index is 1020. The molecule has 0 saturated carbocycles. The van der Waals surface area contributed by atoms with Crippen LogP contribution in [0.3, 0.4) is 0 Å². The summed E-state index contributed by atoms with van der Waals surface area (Å²) in [5.41, 5.74) is 4.59. The van der Waals surface area contributed by atoms with Gasteiger partial charge in [0, 0.05) is 53.9 Å². The molecule has 5 nitrogen and oxygen atoms in total. The van der Waals surface area contributed by atoms with E-state index in [0.29, 0.717) is 5.88 Å². The number of pyridine rings is 2. The van der Waals surface area contributed by atoms with Crippen molar-refractivity contribution in [3.05, 3.63) is 73.2 Å². The summed E-state index contributed by atoms with van der Waals surface area (Å²) in [6, 6.07) is 12.2. The van der Waals surface area contributed by atoms with Gasteiger partial charge in [-0.15, -0.1) is 0 Å². The normalized spacial score (nSPS) is 13.8. The molecule has 1 aliphatic rings. The average Bonchev–Trinajstić information content (AvgIpc) is 2.63. The van der Waals surface area contributed by atoms with E-state index in [1.165, 1.54) is 0 Å². The van der Waals surface area contributed by atoms with Gasteiger partial charge in [-0.1, -0.05) is 25.3 Å². The van der Waals surface area contributed by atoms with Gasteiger partial charge in [0.05, 0.1) is 5.69 Å². The molecule has 0 spiro atoms. The molecule has 1 aliphatic heterocycles. The molecule has 0 bridgehead atoms. The third kappa shape index (κ3) is 3.83. The summed E-state index contributed by atoms with van der Waals surface area (Å²) in [6.45, 7) is 11.6. The zero-order valence-corrected chi connectivity index (χ0v) is 15.3. The smallest absolute Gasteiger partial charge is 0.214 e. The lowest BCUT2D eigenvalue weighted by Crippen LogP contribution is -2.50. The Labute approximate surface area is 158 Å². The summed E-state index contributed by atoms with van der Waals surface area (Å²) in [4.78, 5) is 8.91. The van der Waals surface area contributed by atoms with E-state index in [4.69, 9.17) is 4.74 Å². The van der Waals surface area contributed by atoms with Gasteiger partial charge < -0.3 is 15.4 Å². The first-order valence-corrected chi connectivity index (χ1v) is 8.94. The number of allylic oxidation sites excluding steroid dienone is 1. The van der Waals surface area contributed by atoms with Crippen LogP contribution in [0.2, 0.25) is 0 Å². The molecule has 136 valence electrons. The molecular weight excluding hydrogens is 336 g/mol. The van der Waals surface area contributed by atoms with E-state index in [2.05, 4.69) is 52.0 Å². The SMILES string of the molecule is C=C(C)NC(=C)c1ccc2cnc(-c3ccnc(OC4CNC4)c3)cc2c1. The summed E-state index contributed by atoms with van der Waals surface area (Å²) in [5.74, 6) is 0.633. The molecule has 3 aromatic rings. The van der Waals surface area contributed by atoms with Crippen LogP contribution in [-0.4, -0.2) is 29.2 Å². The Kier molecular flexibility index (Phi) is 4.60. The average molecular weight is 358 g/mol. The first-order chi connectivity index (χ1) is 13.1. The molecule has 2 N–H and O–H groups in total. The van der Waals surface area contributed by atoms with E-state index in [0.717, 1.165) is 52.1 Å². The Morgan fingerprint density at radius 1 is 1.11 bits per heavy atom. The maximum atomic E-state index is 5.86. The van der Waals surface area contributed by atoms with Crippen molar-refractivity contribution < 1.29 is 4.74 Å². The van der Waals surface area contributed by atoms with Gasteiger partial charge in [0.25, 0.3) is 0 Å². The van der Waals surface area contributed by atoms with Crippen LogP contribution in [0.5, 0.6) is 5.88 Å². The highest BCUT2D eigenvalue weighted by Crippen LogP contribution is 2.26. The van der Waals surface area contributed by atoms with Crippen molar-refractivity contribution in [2.24, 2.45) is 0 Å². The largest absolute Gasteiger partial charge is 0.472 e. The Morgan fingerprint density at radius 3 is 2.70 bits per heavy atom. The summed E-state index contributed by atoms with van der Waals surface area (Å²) in [7, 11) is 0. The van der Waals surface area contributed by atoms with E-state index >= 15 is 0 Å². The van der Waals surface area contributed by atoms with Gasteiger partial charge in [-0.3, -0.25) is 4.98 Å². The molecule has 0 radical (unpaired) electrons. The second kappa shape index (κ2) is 7.21. The van der Waals surface area contributed by atoms with Crippen molar-refractivity contribution in [1.29, 1.82) is 0 Å². The van der Waals surface area contributed by atoms with Crippen LogP contribution in [0.4, 0.5) is 0 Å². The van der Waals surface area contributed by atoms with E-state index in [9.17, 15) is 0 Å². The minimum absolute atomic E-state index is 0.201. The van der Waals surface area contributed by atoms with Crippen molar-refractivity contribution in [2.75, 3.05) is 13.1 Å². The van der Waals surface area contributed by atoms with E-state index in [1.54, 1.807) is 6.20 Å². The number of aromatic nitrogens is 2. The Morgan fingerprint density at radius 2 is 1.96 bits per heavy atom. The van der Waals surface area contributed by atoms with Gasteiger partial charge >= 0.3 is 0 Å². The lowest BCUT2D eigenvalue weighted by atomic mass is 10.0. The first kappa shape index (κ1) is 17.2. The second-order valence-electron chi connectivity index (χ2n) is 6.80. The predicted octanol–water partition coefficient (Wildman–Crippen LogP) is 3.74. The van der Waals surface area contributed by atoms with Crippen LogP contribution in [0.25, 0.3) is 27.7 Å². The monoisotopic (exact) mass is 358 g/mol. The van der Waals surface area contributed by atoms with Gasteiger partial charge in [0.2, 0.25) is 5.88 Å². The number of nitrogens with one attached hydrogen (secondary N) is 2. The van der Waals surface area contributed by atoms with Crippen LogP contribution in [0.15, 0.2) is 67.6 Å². The standard InChI is InChI=1S/C22H22N4O/c1-14(2)26-15(3)16-4-5-18-11-25-21(9-19(18)8-16)17-6-7-24-22(10-17)27-20-12-23-13-20/h4-11,20,23,26H,1,3,12-13H2,2H3. The van der Waals surface area contributed by atoms with Gasteiger partial charge in [-0.25, -0.2) is 4.98 Å². The molecule has 1 aromatic carbocycles. The third-order valence-corrected chi connectivity index (χ3v) is 4.50. The molecule has 1 saturated heterocycles. The van der Waals surface area contributed by atoms with E-state index in [-0.39, 0.29) is 6.10 Å². The highest BCUT2D eigenvalue weighted by atomic mass is 16.5. The number of nitrogens with zero attached hydrogens (tertiary/aromatic N) is 2. The highest BCUT2D eigenvalue weighted by Gasteiger charge is 2.19. The quantitative estimate of drug-likeness (QED) is 0.703. The minimum atomic E-state index is 0.201. The van der Waals surface area contributed by atoms with Crippen molar-refractivity contribution in [3.8, 4) is 17.1 Å². The molecule has 5 heteroatoms. The molecule has 0 amide bonds. The number of benzene rings is 1.